The van der Waals surface area contributed by atoms with Gasteiger partial charge in [-0.1, -0.05) is 0 Å². The van der Waals surface area contributed by atoms with Crippen LogP contribution in [0.2, 0.25) is 0 Å². The lowest BCUT2D eigenvalue weighted by atomic mass is 10.2. The van der Waals surface area contributed by atoms with Crippen molar-refractivity contribution in [1.29, 1.82) is 0 Å². The monoisotopic (exact) mass is 289 g/mol. The number of benzene rings is 2. The molecule has 1 N–H and O–H groups in total. The highest BCUT2D eigenvalue weighted by Gasteiger charge is 2.05. The fourth-order valence-corrected chi connectivity index (χ4v) is 1.73. The van der Waals surface area contributed by atoms with Gasteiger partial charge in [0.2, 0.25) is 0 Å². The molecule has 0 aliphatic heterocycles. The highest BCUT2D eigenvalue weighted by atomic mass is 19.1. The summed E-state index contributed by atoms with van der Waals surface area (Å²) < 4.78 is 23.5. The lowest BCUT2D eigenvalue weighted by Gasteiger charge is -2.09. The molecule has 0 fully saturated rings. The SMILES string of the molecule is COc1ccc(NC(=O)COc2ccc(F)c(C)c2)cc1. The Bertz CT molecular complexity index is 626. The van der Waals surface area contributed by atoms with E-state index in [0.29, 0.717) is 22.7 Å². The molecule has 2 aromatic rings. The average Bonchev–Trinajstić information content (AvgIpc) is 2.49. The molecule has 110 valence electrons. The standard InChI is InChI=1S/C16H16FNO3/c1-11-9-14(7-8-15(11)17)21-10-16(19)18-12-3-5-13(20-2)6-4-12/h3-9H,10H2,1-2H3,(H,18,19). The van der Waals surface area contributed by atoms with E-state index in [1.165, 1.54) is 12.1 Å². The molecule has 0 unspecified atom stereocenters. The number of hydrogen-bond donors (Lipinski definition) is 1. The first-order valence-electron chi connectivity index (χ1n) is 6.41. The number of nitrogens with one attached hydrogen (secondary N) is 1. The first-order valence-corrected chi connectivity index (χ1v) is 6.41. The molecule has 0 aliphatic carbocycles. The molecule has 0 aromatic heterocycles. The van der Waals surface area contributed by atoms with Gasteiger partial charge in [-0.3, -0.25) is 4.79 Å². The third-order valence-electron chi connectivity index (χ3n) is 2.87. The van der Waals surface area contributed by atoms with Gasteiger partial charge in [0.25, 0.3) is 5.91 Å². The van der Waals surface area contributed by atoms with Gasteiger partial charge < -0.3 is 14.8 Å². The van der Waals surface area contributed by atoms with Crippen LogP contribution in [0.15, 0.2) is 42.5 Å². The number of anilines is 1. The molecule has 0 atom stereocenters. The van der Waals surface area contributed by atoms with Gasteiger partial charge in [0.1, 0.15) is 17.3 Å². The van der Waals surface area contributed by atoms with Gasteiger partial charge in [-0.05, 0) is 55.0 Å². The zero-order valence-corrected chi connectivity index (χ0v) is 11.9. The number of aryl methyl sites for hydroxylation is 1. The second-order valence-corrected chi connectivity index (χ2v) is 4.48. The van der Waals surface area contributed by atoms with E-state index < -0.39 is 0 Å². The Morgan fingerprint density at radius 1 is 1.14 bits per heavy atom. The number of carbonyl (C=O) groups excluding carboxylic acids is 1. The summed E-state index contributed by atoms with van der Waals surface area (Å²) in [6.07, 6.45) is 0. The predicted molar refractivity (Wildman–Crippen MR) is 78.3 cm³/mol. The van der Waals surface area contributed by atoms with E-state index >= 15 is 0 Å². The molecule has 4 nitrogen and oxygen atoms in total. The Labute approximate surface area is 122 Å². The van der Waals surface area contributed by atoms with Crippen molar-refractivity contribution >= 4 is 11.6 Å². The van der Waals surface area contributed by atoms with Crippen LogP contribution in [0.3, 0.4) is 0 Å². The molecule has 0 spiro atoms. The van der Waals surface area contributed by atoms with Crippen LogP contribution in [-0.2, 0) is 4.79 Å². The molecular weight excluding hydrogens is 273 g/mol. The van der Waals surface area contributed by atoms with Crippen molar-refractivity contribution in [2.45, 2.75) is 6.92 Å². The second-order valence-electron chi connectivity index (χ2n) is 4.48. The van der Waals surface area contributed by atoms with Gasteiger partial charge in [0.05, 0.1) is 7.11 Å². The number of carbonyl (C=O) groups is 1. The zero-order valence-electron chi connectivity index (χ0n) is 11.9. The van der Waals surface area contributed by atoms with Crippen molar-refractivity contribution in [3.05, 3.63) is 53.8 Å². The molecule has 2 aromatic carbocycles. The van der Waals surface area contributed by atoms with Crippen LogP contribution in [0.1, 0.15) is 5.56 Å². The summed E-state index contributed by atoms with van der Waals surface area (Å²) in [7, 11) is 1.58. The van der Waals surface area contributed by atoms with Crippen LogP contribution >= 0.6 is 0 Å². The summed E-state index contributed by atoms with van der Waals surface area (Å²) in [6, 6.07) is 11.3. The molecule has 0 aliphatic rings. The molecule has 0 saturated heterocycles. The van der Waals surface area contributed by atoms with Gasteiger partial charge in [-0.15, -0.1) is 0 Å². The molecule has 1 amide bonds. The minimum absolute atomic E-state index is 0.142. The Kier molecular flexibility index (Phi) is 4.77. The molecule has 0 bridgehead atoms. The maximum absolute atomic E-state index is 13.1. The Morgan fingerprint density at radius 2 is 1.81 bits per heavy atom. The third-order valence-corrected chi connectivity index (χ3v) is 2.87. The number of rotatable bonds is 5. The fraction of sp³-hybridized carbons (Fsp3) is 0.188. The van der Waals surface area contributed by atoms with Gasteiger partial charge in [-0.2, -0.15) is 0 Å². The number of methoxy groups -OCH3 is 1. The van der Waals surface area contributed by atoms with E-state index in [9.17, 15) is 9.18 Å². The van der Waals surface area contributed by atoms with Crippen molar-refractivity contribution < 1.29 is 18.7 Å². The van der Waals surface area contributed by atoms with Crippen molar-refractivity contribution in [3.63, 3.8) is 0 Å². The summed E-state index contributed by atoms with van der Waals surface area (Å²) in [5.74, 6) is 0.581. The van der Waals surface area contributed by atoms with E-state index in [0.717, 1.165) is 0 Å². The molecule has 0 radical (unpaired) electrons. The summed E-state index contributed by atoms with van der Waals surface area (Å²) >= 11 is 0. The van der Waals surface area contributed by atoms with Gasteiger partial charge in [-0.25, -0.2) is 4.39 Å². The Hall–Kier alpha value is -2.56. The predicted octanol–water partition coefficient (Wildman–Crippen LogP) is 3.16. The van der Waals surface area contributed by atoms with E-state index in [1.54, 1.807) is 44.4 Å². The first-order chi connectivity index (χ1) is 10.1. The van der Waals surface area contributed by atoms with E-state index in [1.807, 2.05) is 0 Å². The number of amides is 1. The summed E-state index contributed by atoms with van der Waals surface area (Å²) in [5, 5.41) is 2.70. The fourth-order valence-electron chi connectivity index (χ4n) is 1.73. The Balaban J connectivity index is 1.87. The lowest BCUT2D eigenvalue weighted by molar-refractivity contribution is -0.118. The van der Waals surface area contributed by atoms with Crippen molar-refractivity contribution in [3.8, 4) is 11.5 Å². The van der Waals surface area contributed by atoms with Crippen LogP contribution in [0.5, 0.6) is 11.5 Å². The quantitative estimate of drug-likeness (QED) is 0.919. The number of halogens is 1. The van der Waals surface area contributed by atoms with Crippen molar-refractivity contribution in [2.75, 3.05) is 19.0 Å². The first kappa shape index (κ1) is 14.8. The summed E-state index contributed by atoms with van der Waals surface area (Å²) in [4.78, 5) is 11.8. The molecule has 21 heavy (non-hydrogen) atoms. The van der Waals surface area contributed by atoms with Gasteiger partial charge in [0, 0.05) is 5.69 Å². The zero-order chi connectivity index (χ0) is 15.2. The highest BCUT2D eigenvalue weighted by Crippen LogP contribution is 2.17. The van der Waals surface area contributed by atoms with Crippen LogP contribution in [0, 0.1) is 12.7 Å². The second kappa shape index (κ2) is 6.74. The lowest BCUT2D eigenvalue weighted by Crippen LogP contribution is -2.20. The van der Waals surface area contributed by atoms with Crippen LogP contribution in [-0.4, -0.2) is 19.6 Å². The molecule has 0 heterocycles. The van der Waals surface area contributed by atoms with Crippen LogP contribution in [0.4, 0.5) is 10.1 Å². The molecular formula is C16H16FNO3. The van der Waals surface area contributed by atoms with Gasteiger partial charge >= 0.3 is 0 Å². The van der Waals surface area contributed by atoms with Crippen LogP contribution < -0.4 is 14.8 Å². The average molecular weight is 289 g/mol. The molecule has 2 rings (SSSR count). The molecule has 0 saturated carbocycles. The third kappa shape index (κ3) is 4.21. The smallest absolute Gasteiger partial charge is 0.262 e. The largest absolute Gasteiger partial charge is 0.497 e. The minimum Gasteiger partial charge on any atom is -0.497 e. The minimum atomic E-state index is -0.301. The Morgan fingerprint density at radius 3 is 2.43 bits per heavy atom. The van der Waals surface area contributed by atoms with E-state index in [-0.39, 0.29) is 18.3 Å². The van der Waals surface area contributed by atoms with Crippen molar-refractivity contribution in [2.24, 2.45) is 0 Å². The number of ether oxygens (including phenoxy) is 2. The topological polar surface area (TPSA) is 47.6 Å². The maximum Gasteiger partial charge on any atom is 0.262 e. The van der Waals surface area contributed by atoms with Gasteiger partial charge in [0.15, 0.2) is 6.61 Å². The van der Waals surface area contributed by atoms with Crippen molar-refractivity contribution in [1.82, 2.24) is 0 Å². The summed E-state index contributed by atoms with van der Waals surface area (Å²) in [6.45, 7) is 1.50. The van der Waals surface area contributed by atoms with E-state index in [2.05, 4.69) is 5.32 Å². The maximum atomic E-state index is 13.1. The normalized spacial score (nSPS) is 10.0. The molecule has 5 heteroatoms. The summed E-state index contributed by atoms with van der Waals surface area (Å²) in [5.41, 5.74) is 1.13. The number of hydrogen-bond acceptors (Lipinski definition) is 3. The highest BCUT2D eigenvalue weighted by molar-refractivity contribution is 5.91. The van der Waals surface area contributed by atoms with E-state index in [4.69, 9.17) is 9.47 Å². The van der Waals surface area contributed by atoms with Crippen LogP contribution in [0.25, 0.3) is 0 Å².